The van der Waals surface area contributed by atoms with Gasteiger partial charge in [0.15, 0.2) is 0 Å². The van der Waals surface area contributed by atoms with Crippen LogP contribution in [0.15, 0.2) is 23.4 Å². The number of aliphatic hydroxyl groups excluding tert-OH is 2. The number of nitrogens with zero attached hydrogens (tertiary/aromatic N) is 1. The van der Waals surface area contributed by atoms with Crippen molar-refractivity contribution in [3.63, 3.8) is 0 Å². The number of rotatable bonds is 5. The quantitative estimate of drug-likeness (QED) is 0.641. The normalized spacial score (nSPS) is 14.9. The number of thioether (sulfide) groups is 1. The standard InChI is InChI=1S/C10H16N2O2S/c1-7(11)9-3-2-4-12-10(9)15-6-8(14)5-13/h2-4,7-8,13-14H,5-6,11H2,1H3/t7-,8?/m0/s1. The lowest BCUT2D eigenvalue weighted by Gasteiger charge is -2.12. The van der Waals surface area contributed by atoms with E-state index in [1.807, 2.05) is 19.1 Å². The number of hydrogen-bond acceptors (Lipinski definition) is 5. The van der Waals surface area contributed by atoms with Crippen molar-refractivity contribution in [3.05, 3.63) is 23.9 Å². The van der Waals surface area contributed by atoms with E-state index in [2.05, 4.69) is 4.98 Å². The van der Waals surface area contributed by atoms with Crippen molar-refractivity contribution in [2.24, 2.45) is 5.73 Å². The monoisotopic (exact) mass is 228 g/mol. The predicted octanol–water partition coefficient (Wildman–Crippen LogP) is 0.547. The van der Waals surface area contributed by atoms with E-state index in [0.29, 0.717) is 5.75 Å². The van der Waals surface area contributed by atoms with Gasteiger partial charge in [0.25, 0.3) is 0 Å². The Morgan fingerprint density at radius 2 is 2.33 bits per heavy atom. The summed E-state index contributed by atoms with van der Waals surface area (Å²) >= 11 is 1.41. The van der Waals surface area contributed by atoms with Crippen LogP contribution in [0.1, 0.15) is 18.5 Å². The molecule has 4 nitrogen and oxygen atoms in total. The Balaban J connectivity index is 2.67. The highest BCUT2D eigenvalue weighted by Gasteiger charge is 2.10. The van der Waals surface area contributed by atoms with Crippen LogP contribution in [0.2, 0.25) is 0 Å². The highest BCUT2D eigenvalue weighted by atomic mass is 32.2. The lowest BCUT2D eigenvalue weighted by molar-refractivity contribution is 0.113. The number of pyridine rings is 1. The van der Waals surface area contributed by atoms with Crippen LogP contribution in [0.4, 0.5) is 0 Å². The maximum Gasteiger partial charge on any atom is 0.101 e. The smallest absolute Gasteiger partial charge is 0.101 e. The molecule has 1 aromatic rings. The average molecular weight is 228 g/mol. The lowest BCUT2D eigenvalue weighted by Crippen LogP contribution is -2.15. The second-order valence-electron chi connectivity index (χ2n) is 3.33. The molecule has 0 bridgehead atoms. The van der Waals surface area contributed by atoms with Crippen molar-refractivity contribution in [1.29, 1.82) is 0 Å². The summed E-state index contributed by atoms with van der Waals surface area (Å²) in [5, 5.41) is 18.7. The van der Waals surface area contributed by atoms with Crippen molar-refractivity contribution in [3.8, 4) is 0 Å². The van der Waals surface area contributed by atoms with Crippen molar-refractivity contribution in [2.45, 2.75) is 24.1 Å². The Bertz CT molecular complexity index is 307. The van der Waals surface area contributed by atoms with Crippen LogP contribution >= 0.6 is 11.8 Å². The molecule has 1 unspecified atom stereocenters. The van der Waals surface area contributed by atoms with Gasteiger partial charge in [0, 0.05) is 23.6 Å². The Morgan fingerprint density at radius 1 is 1.60 bits per heavy atom. The topological polar surface area (TPSA) is 79.4 Å². The van der Waals surface area contributed by atoms with E-state index in [0.717, 1.165) is 10.6 Å². The molecule has 15 heavy (non-hydrogen) atoms. The molecule has 0 aliphatic heterocycles. The van der Waals surface area contributed by atoms with E-state index < -0.39 is 6.10 Å². The first-order valence-electron chi connectivity index (χ1n) is 4.77. The SMILES string of the molecule is C[C@H](N)c1cccnc1SCC(O)CO. The Labute approximate surface area is 93.5 Å². The summed E-state index contributed by atoms with van der Waals surface area (Å²) in [6.07, 6.45) is 0.984. The van der Waals surface area contributed by atoms with Gasteiger partial charge in [0.1, 0.15) is 5.03 Å². The van der Waals surface area contributed by atoms with Crippen molar-refractivity contribution < 1.29 is 10.2 Å². The summed E-state index contributed by atoms with van der Waals surface area (Å²) in [4.78, 5) is 4.20. The molecule has 1 aromatic heterocycles. The molecule has 0 aliphatic carbocycles. The molecule has 5 heteroatoms. The predicted molar refractivity (Wildman–Crippen MR) is 60.7 cm³/mol. The van der Waals surface area contributed by atoms with Crippen LogP contribution in [-0.2, 0) is 0 Å². The number of aliphatic hydroxyl groups is 2. The average Bonchev–Trinajstić information content (AvgIpc) is 2.26. The number of aromatic nitrogens is 1. The lowest BCUT2D eigenvalue weighted by atomic mass is 10.2. The first-order valence-corrected chi connectivity index (χ1v) is 5.76. The number of nitrogens with two attached hydrogens (primary N) is 1. The molecule has 0 amide bonds. The van der Waals surface area contributed by atoms with Crippen LogP contribution in [0.25, 0.3) is 0 Å². The summed E-state index contributed by atoms with van der Waals surface area (Å²) in [7, 11) is 0. The van der Waals surface area contributed by atoms with Crippen molar-refractivity contribution >= 4 is 11.8 Å². The molecular weight excluding hydrogens is 212 g/mol. The zero-order valence-electron chi connectivity index (χ0n) is 8.63. The van der Waals surface area contributed by atoms with E-state index in [9.17, 15) is 5.11 Å². The summed E-state index contributed by atoms with van der Waals surface area (Å²) in [6.45, 7) is 1.66. The van der Waals surface area contributed by atoms with Gasteiger partial charge in [-0.3, -0.25) is 0 Å². The molecule has 2 atom stereocenters. The van der Waals surface area contributed by atoms with Crippen LogP contribution in [0.5, 0.6) is 0 Å². The molecule has 0 spiro atoms. The second kappa shape index (κ2) is 6.07. The number of hydrogen-bond donors (Lipinski definition) is 3. The van der Waals surface area contributed by atoms with Gasteiger partial charge in [-0.05, 0) is 13.0 Å². The van der Waals surface area contributed by atoms with Crippen LogP contribution < -0.4 is 5.73 Å². The van der Waals surface area contributed by atoms with E-state index in [1.165, 1.54) is 11.8 Å². The van der Waals surface area contributed by atoms with E-state index in [4.69, 9.17) is 10.8 Å². The first kappa shape index (κ1) is 12.4. The van der Waals surface area contributed by atoms with Crippen LogP contribution in [-0.4, -0.2) is 33.7 Å². The van der Waals surface area contributed by atoms with Gasteiger partial charge >= 0.3 is 0 Å². The molecule has 0 saturated heterocycles. The third-order valence-electron chi connectivity index (χ3n) is 1.91. The van der Waals surface area contributed by atoms with Gasteiger partial charge in [-0.2, -0.15) is 0 Å². The van der Waals surface area contributed by atoms with E-state index >= 15 is 0 Å². The summed E-state index contributed by atoms with van der Waals surface area (Å²) < 4.78 is 0. The highest BCUT2D eigenvalue weighted by molar-refractivity contribution is 7.99. The molecule has 0 radical (unpaired) electrons. The van der Waals surface area contributed by atoms with Gasteiger partial charge < -0.3 is 15.9 Å². The fourth-order valence-electron chi connectivity index (χ4n) is 1.10. The second-order valence-corrected chi connectivity index (χ2v) is 4.34. The zero-order valence-corrected chi connectivity index (χ0v) is 9.44. The third-order valence-corrected chi connectivity index (χ3v) is 3.08. The van der Waals surface area contributed by atoms with E-state index in [-0.39, 0.29) is 12.6 Å². The molecule has 1 heterocycles. The maximum atomic E-state index is 9.22. The Morgan fingerprint density at radius 3 is 2.93 bits per heavy atom. The minimum atomic E-state index is -0.710. The van der Waals surface area contributed by atoms with Gasteiger partial charge in [-0.25, -0.2) is 4.98 Å². The molecule has 0 fully saturated rings. The maximum absolute atomic E-state index is 9.22. The van der Waals surface area contributed by atoms with E-state index in [1.54, 1.807) is 6.20 Å². The molecule has 0 aromatic carbocycles. The Hall–Kier alpha value is -0.620. The molecule has 0 saturated carbocycles. The zero-order chi connectivity index (χ0) is 11.3. The summed E-state index contributed by atoms with van der Waals surface area (Å²) in [5.74, 6) is 0.424. The molecule has 1 rings (SSSR count). The molecule has 4 N–H and O–H groups in total. The summed E-state index contributed by atoms with van der Waals surface area (Å²) in [5.41, 5.74) is 6.75. The van der Waals surface area contributed by atoms with Crippen LogP contribution in [0.3, 0.4) is 0 Å². The fraction of sp³-hybridized carbons (Fsp3) is 0.500. The third kappa shape index (κ3) is 3.79. The molecule has 84 valence electrons. The van der Waals surface area contributed by atoms with Gasteiger partial charge in [0.2, 0.25) is 0 Å². The first-order chi connectivity index (χ1) is 7.15. The van der Waals surface area contributed by atoms with Gasteiger partial charge in [-0.15, -0.1) is 11.8 Å². The minimum absolute atomic E-state index is 0.0764. The fourth-order valence-corrected chi connectivity index (χ4v) is 2.11. The van der Waals surface area contributed by atoms with Crippen molar-refractivity contribution in [2.75, 3.05) is 12.4 Å². The van der Waals surface area contributed by atoms with Gasteiger partial charge in [-0.1, -0.05) is 6.07 Å². The van der Waals surface area contributed by atoms with Crippen LogP contribution in [0, 0.1) is 0 Å². The minimum Gasteiger partial charge on any atom is -0.394 e. The molecule has 0 aliphatic rings. The highest BCUT2D eigenvalue weighted by Crippen LogP contribution is 2.24. The molecular formula is C10H16N2O2S. The van der Waals surface area contributed by atoms with Crippen molar-refractivity contribution in [1.82, 2.24) is 4.98 Å². The Kier molecular flexibility index (Phi) is 5.04. The largest absolute Gasteiger partial charge is 0.394 e. The summed E-state index contributed by atoms with van der Waals surface area (Å²) in [6, 6.07) is 3.68. The van der Waals surface area contributed by atoms with Gasteiger partial charge in [0.05, 0.1) is 12.7 Å².